The highest BCUT2D eigenvalue weighted by Gasteiger charge is 2.14. The molecule has 0 saturated carbocycles. The van der Waals surface area contributed by atoms with Crippen LogP contribution in [0.25, 0.3) is 4.96 Å². The van der Waals surface area contributed by atoms with Crippen molar-refractivity contribution in [1.29, 1.82) is 0 Å². The molecule has 0 atom stereocenters. The number of carbonyl (C=O) groups excluding carboxylic acids is 1. The van der Waals surface area contributed by atoms with Crippen LogP contribution in [-0.4, -0.2) is 21.1 Å². The maximum absolute atomic E-state index is 12.6. The zero-order valence-corrected chi connectivity index (χ0v) is 17.5. The predicted octanol–water partition coefficient (Wildman–Crippen LogP) is 5.17. The summed E-state index contributed by atoms with van der Waals surface area (Å²) in [5, 5.41) is 4.85. The normalized spacial score (nSPS) is 11.1. The molecule has 4 aromatic rings. The lowest BCUT2D eigenvalue weighted by molar-refractivity contribution is 0.0469. The number of nitrogens with one attached hydrogen (secondary N) is 1. The van der Waals surface area contributed by atoms with Crippen molar-refractivity contribution in [3.63, 3.8) is 0 Å². The van der Waals surface area contributed by atoms with Gasteiger partial charge in [0.2, 0.25) is 0 Å². The van der Waals surface area contributed by atoms with E-state index < -0.39 is 11.7 Å². The van der Waals surface area contributed by atoms with Gasteiger partial charge in [0.05, 0.1) is 16.9 Å². The molecule has 0 radical (unpaired) electrons. The van der Waals surface area contributed by atoms with Gasteiger partial charge in [-0.2, -0.15) is 8.78 Å². The third-order valence-corrected chi connectivity index (χ3v) is 5.69. The molecule has 0 amide bonds. The molecule has 2 heterocycles. The van der Waals surface area contributed by atoms with Crippen molar-refractivity contribution < 1.29 is 18.3 Å². The number of thiazole rings is 1. The van der Waals surface area contributed by atoms with Crippen LogP contribution in [-0.2, 0) is 11.3 Å². The summed E-state index contributed by atoms with van der Waals surface area (Å²) in [7, 11) is 0. The Labute approximate surface area is 183 Å². The summed E-state index contributed by atoms with van der Waals surface area (Å²) >= 11 is 1.78. The van der Waals surface area contributed by atoms with Crippen molar-refractivity contribution in [2.75, 3.05) is 5.32 Å². The minimum atomic E-state index is -2.49. The number of carbonyl (C=O) groups is 1. The Morgan fingerprint density at radius 3 is 2.74 bits per heavy atom. The number of para-hydroxylation sites is 1. The smallest absolute Gasteiger partial charge is 0.340 e. The number of esters is 1. The van der Waals surface area contributed by atoms with Crippen molar-refractivity contribution in [3.8, 4) is 0 Å². The Morgan fingerprint density at radius 1 is 1.19 bits per heavy atom. The maximum Gasteiger partial charge on any atom is 0.340 e. The van der Waals surface area contributed by atoms with Crippen molar-refractivity contribution in [2.45, 2.75) is 17.3 Å². The molecule has 0 aliphatic rings. The summed E-state index contributed by atoms with van der Waals surface area (Å²) < 4.78 is 31.7. The minimum absolute atomic E-state index is 0.143. The fourth-order valence-electron chi connectivity index (χ4n) is 2.82. The number of rotatable bonds is 7. The Morgan fingerprint density at radius 2 is 1.97 bits per heavy atom. The van der Waals surface area contributed by atoms with E-state index in [1.165, 1.54) is 21.8 Å². The number of anilines is 2. The second-order valence-corrected chi connectivity index (χ2v) is 8.23. The van der Waals surface area contributed by atoms with Crippen LogP contribution in [0.15, 0.2) is 75.9 Å². The zero-order valence-electron chi connectivity index (χ0n) is 15.8. The minimum Gasteiger partial charge on any atom is -0.456 e. The third-order valence-electron chi connectivity index (χ3n) is 4.21. The van der Waals surface area contributed by atoms with Gasteiger partial charge < -0.3 is 10.1 Å². The van der Waals surface area contributed by atoms with E-state index in [4.69, 9.17) is 4.74 Å². The summed E-state index contributed by atoms with van der Waals surface area (Å²) in [4.78, 5) is 30.0. The molecule has 0 bridgehead atoms. The number of alkyl halides is 2. The van der Waals surface area contributed by atoms with Crippen molar-refractivity contribution in [3.05, 3.63) is 87.8 Å². The SMILES string of the molecule is O=C(OCc1cc(=O)n2ccsc2n1)c1ccccc1Nc1ccc(SC(F)F)cc1. The summed E-state index contributed by atoms with van der Waals surface area (Å²) in [5.41, 5.74) is 1.55. The fourth-order valence-corrected chi connectivity index (χ4v) is 4.06. The molecule has 0 aliphatic carbocycles. The second kappa shape index (κ2) is 9.27. The van der Waals surface area contributed by atoms with Gasteiger partial charge in [0, 0.05) is 28.2 Å². The highest BCUT2D eigenvalue weighted by molar-refractivity contribution is 7.99. The van der Waals surface area contributed by atoms with Crippen LogP contribution in [0.2, 0.25) is 0 Å². The number of thioether (sulfide) groups is 1. The number of hydrogen-bond donors (Lipinski definition) is 1. The predicted molar refractivity (Wildman–Crippen MR) is 116 cm³/mol. The quantitative estimate of drug-likeness (QED) is 0.304. The highest BCUT2D eigenvalue weighted by atomic mass is 32.2. The van der Waals surface area contributed by atoms with E-state index in [0.29, 0.717) is 44.3 Å². The number of halogens is 2. The topological polar surface area (TPSA) is 72.7 Å². The molecule has 0 spiro atoms. The van der Waals surface area contributed by atoms with Crippen LogP contribution >= 0.6 is 23.1 Å². The van der Waals surface area contributed by atoms with E-state index in [1.807, 2.05) is 0 Å². The molecule has 10 heteroatoms. The van der Waals surface area contributed by atoms with Gasteiger partial charge in [0.1, 0.15) is 6.61 Å². The molecule has 1 N–H and O–H groups in total. The van der Waals surface area contributed by atoms with Gasteiger partial charge in [-0.25, -0.2) is 9.78 Å². The summed E-state index contributed by atoms with van der Waals surface area (Å²) in [6.07, 6.45) is 1.63. The van der Waals surface area contributed by atoms with Crippen LogP contribution in [0, 0.1) is 0 Å². The number of ether oxygens (including phenoxy) is 1. The molecule has 6 nitrogen and oxygen atoms in total. The van der Waals surface area contributed by atoms with Gasteiger partial charge in [-0.15, -0.1) is 11.3 Å². The van der Waals surface area contributed by atoms with Gasteiger partial charge in [-0.05, 0) is 36.4 Å². The van der Waals surface area contributed by atoms with Gasteiger partial charge in [0.15, 0.2) is 4.96 Å². The number of fused-ring (bicyclic) bond motifs is 1. The monoisotopic (exact) mass is 459 g/mol. The van der Waals surface area contributed by atoms with E-state index in [9.17, 15) is 18.4 Å². The molecule has 2 aromatic carbocycles. The Kier molecular flexibility index (Phi) is 6.28. The van der Waals surface area contributed by atoms with E-state index >= 15 is 0 Å². The molecule has 158 valence electrons. The first-order valence-electron chi connectivity index (χ1n) is 9.03. The maximum atomic E-state index is 12.6. The molecular formula is C21H15F2N3O3S2. The van der Waals surface area contributed by atoms with Crippen LogP contribution in [0.3, 0.4) is 0 Å². The molecular weight excluding hydrogens is 444 g/mol. The van der Waals surface area contributed by atoms with Crippen LogP contribution in [0.1, 0.15) is 16.1 Å². The zero-order chi connectivity index (χ0) is 21.8. The van der Waals surface area contributed by atoms with E-state index in [0.717, 1.165) is 0 Å². The molecule has 0 saturated heterocycles. The summed E-state index contributed by atoms with van der Waals surface area (Å²) in [6.45, 7) is -0.143. The van der Waals surface area contributed by atoms with Crippen LogP contribution in [0.4, 0.5) is 20.2 Å². The number of hydrogen-bond acceptors (Lipinski definition) is 7. The standard InChI is InChI=1S/C21H15F2N3O3S2/c22-20(23)31-15-7-5-13(6-8-15)24-17-4-2-1-3-16(17)19(28)29-12-14-11-18(27)26-9-10-30-21(26)25-14/h1-11,20,24H,12H2. The first kappa shape index (κ1) is 21.0. The van der Waals surface area contributed by atoms with E-state index in [1.54, 1.807) is 60.1 Å². The molecule has 0 aliphatic heterocycles. The van der Waals surface area contributed by atoms with Crippen LogP contribution in [0.5, 0.6) is 0 Å². The number of benzene rings is 2. The van der Waals surface area contributed by atoms with Crippen molar-refractivity contribution >= 4 is 45.4 Å². The molecule has 0 fully saturated rings. The van der Waals surface area contributed by atoms with Crippen LogP contribution < -0.4 is 10.9 Å². The summed E-state index contributed by atoms with van der Waals surface area (Å²) in [6, 6.07) is 14.6. The Bertz CT molecular complexity index is 1270. The van der Waals surface area contributed by atoms with E-state index in [2.05, 4.69) is 10.3 Å². The first-order valence-corrected chi connectivity index (χ1v) is 10.8. The Hall–Kier alpha value is -3.24. The highest BCUT2D eigenvalue weighted by Crippen LogP contribution is 2.28. The molecule has 4 rings (SSSR count). The lowest BCUT2D eigenvalue weighted by Crippen LogP contribution is -2.15. The third kappa shape index (κ3) is 5.09. The second-order valence-electron chi connectivity index (χ2n) is 6.29. The molecule has 2 aromatic heterocycles. The fraction of sp³-hybridized carbons (Fsp3) is 0.0952. The first-order chi connectivity index (χ1) is 15.0. The van der Waals surface area contributed by atoms with E-state index in [-0.39, 0.29) is 12.2 Å². The van der Waals surface area contributed by atoms with Gasteiger partial charge in [0.25, 0.3) is 11.3 Å². The molecule has 31 heavy (non-hydrogen) atoms. The lowest BCUT2D eigenvalue weighted by atomic mass is 10.1. The van der Waals surface area contributed by atoms with Crippen molar-refractivity contribution in [1.82, 2.24) is 9.38 Å². The Balaban J connectivity index is 1.47. The molecule has 0 unspecified atom stereocenters. The number of nitrogens with zero attached hydrogens (tertiary/aromatic N) is 2. The average molecular weight is 459 g/mol. The van der Waals surface area contributed by atoms with Gasteiger partial charge in [-0.1, -0.05) is 23.9 Å². The lowest BCUT2D eigenvalue weighted by Gasteiger charge is -2.12. The largest absolute Gasteiger partial charge is 0.456 e. The van der Waals surface area contributed by atoms with Gasteiger partial charge >= 0.3 is 5.97 Å². The van der Waals surface area contributed by atoms with Crippen molar-refractivity contribution in [2.24, 2.45) is 0 Å². The number of aromatic nitrogens is 2. The summed E-state index contributed by atoms with van der Waals surface area (Å²) in [5.74, 6) is -3.07. The van der Waals surface area contributed by atoms with Gasteiger partial charge in [-0.3, -0.25) is 9.20 Å². The average Bonchev–Trinajstić information content (AvgIpc) is 3.23.